The van der Waals surface area contributed by atoms with E-state index < -0.39 is 9.85 Å². The van der Waals surface area contributed by atoms with Crippen molar-refractivity contribution < 1.29 is 18.7 Å². The summed E-state index contributed by atoms with van der Waals surface area (Å²) in [4.78, 5) is 23.2. The SMILES string of the molecule is O=[N+]([O-])c1cc(Br)c2c(oc3ccccc32)c1-c1c([N+](=O)[O-])cc(Br)c2c1oc1ccccc12. The van der Waals surface area contributed by atoms with Crippen molar-refractivity contribution in [2.24, 2.45) is 0 Å². The van der Waals surface area contributed by atoms with Crippen molar-refractivity contribution in [3.63, 3.8) is 0 Å². The molecular formula is C24H10Br2N2O6. The van der Waals surface area contributed by atoms with E-state index in [9.17, 15) is 20.2 Å². The molecule has 6 aromatic rings. The third kappa shape index (κ3) is 2.82. The van der Waals surface area contributed by atoms with Crippen molar-refractivity contribution in [2.75, 3.05) is 0 Å². The van der Waals surface area contributed by atoms with Gasteiger partial charge in [-0.2, -0.15) is 0 Å². The molecule has 0 unspecified atom stereocenters. The quantitative estimate of drug-likeness (QED) is 0.153. The average molecular weight is 582 g/mol. The van der Waals surface area contributed by atoms with Gasteiger partial charge in [0, 0.05) is 42.6 Å². The molecule has 0 fully saturated rings. The van der Waals surface area contributed by atoms with Crippen LogP contribution in [0, 0.1) is 20.2 Å². The molecule has 0 N–H and O–H groups in total. The van der Waals surface area contributed by atoms with Crippen LogP contribution in [-0.4, -0.2) is 9.85 Å². The van der Waals surface area contributed by atoms with E-state index in [1.165, 1.54) is 12.1 Å². The highest BCUT2D eigenvalue weighted by atomic mass is 79.9. The lowest BCUT2D eigenvalue weighted by Gasteiger charge is -2.09. The fraction of sp³-hybridized carbons (Fsp3) is 0. The van der Waals surface area contributed by atoms with Crippen molar-refractivity contribution in [3.8, 4) is 11.1 Å². The summed E-state index contributed by atoms with van der Waals surface area (Å²) < 4.78 is 13.1. The molecule has 8 nitrogen and oxygen atoms in total. The Morgan fingerprint density at radius 1 is 0.647 bits per heavy atom. The molecule has 2 heterocycles. The molecule has 10 heteroatoms. The molecule has 34 heavy (non-hydrogen) atoms. The molecule has 0 spiro atoms. The second kappa shape index (κ2) is 7.37. The predicted molar refractivity (Wildman–Crippen MR) is 135 cm³/mol. The molecule has 0 atom stereocenters. The predicted octanol–water partition coefficient (Wildman–Crippen LogP) is 8.49. The van der Waals surface area contributed by atoms with Gasteiger partial charge in [0.2, 0.25) is 0 Å². The summed E-state index contributed by atoms with van der Waals surface area (Å²) >= 11 is 6.86. The maximum absolute atomic E-state index is 12.2. The number of nitro groups is 2. The van der Waals surface area contributed by atoms with E-state index in [1.807, 2.05) is 24.3 Å². The minimum absolute atomic E-state index is 0.0114. The maximum atomic E-state index is 12.2. The first-order valence-corrected chi connectivity index (χ1v) is 11.5. The highest BCUT2D eigenvalue weighted by Gasteiger charge is 2.34. The molecule has 0 saturated carbocycles. The lowest BCUT2D eigenvalue weighted by atomic mass is 9.96. The van der Waals surface area contributed by atoms with Gasteiger partial charge >= 0.3 is 0 Å². The van der Waals surface area contributed by atoms with Gasteiger partial charge in [0.15, 0.2) is 11.2 Å². The van der Waals surface area contributed by atoms with E-state index in [4.69, 9.17) is 8.83 Å². The van der Waals surface area contributed by atoms with Gasteiger partial charge in [0.25, 0.3) is 11.4 Å². The highest BCUT2D eigenvalue weighted by molar-refractivity contribution is 9.11. The fourth-order valence-electron chi connectivity index (χ4n) is 4.45. The van der Waals surface area contributed by atoms with Gasteiger partial charge in [-0.25, -0.2) is 0 Å². The van der Waals surface area contributed by atoms with Crippen molar-refractivity contribution in [2.45, 2.75) is 0 Å². The van der Waals surface area contributed by atoms with Gasteiger partial charge in [-0.3, -0.25) is 20.2 Å². The van der Waals surface area contributed by atoms with Crippen molar-refractivity contribution in [1.29, 1.82) is 0 Å². The number of para-hydroxylation sites is 2. The lowest BCUT2D eigenvalue weighted by molar-refractivity contribution is -0.386. The van der Waals surface area contributed by atoms with E-state index >= 15 is 0 Å². The fourth-order valence-corrected chi connectivity index (χ4v) is 5.67. The molecule has 0 amide bonds. The number of hydrogen-bond acceptors (Lipinski definition) is 6. The van der Waals surface area contributed by atoms with Crippen molar-refractivity contribution in [1.82, 2.24) is 0 Å². The molecule has 2 aromatic heterocycles. The Kier molecular flexibility index (Phi) is 4.51. The Morgan fingerprint density at radius 3 is 1.41 bits per heavy atom. The second-order valence-electron chi connectivity index (χ2n) is 7.62. The molecule has 0 aliphatic rings. The van der Waals surface area contributed by atoms with Crippen LogP contribution >= 0.6 is 31.9 Å². The van der Waals surface area contributed by atoms with E-state index in [1.54, 1.807) is 24.3 Å². The van der Waals surface area contributed by atoms with Crippen LogP contribution in [0.5, 0.6) is 0 Å². The molecule has 0 bridgehead atoms. The summed E-state index contributed by atoms with van der Waals surface area (Å²) in [5.74, 6) is 0. The number of nitrogens with zero attached hydrogens (tertiary/aromatic N) is 2. The molecule has 4 aromatic carbocycles. The Bertz CT molecular complexity index is 1720. The first-order valence-electron chi connectivity index (χ1n) is 9.93. The third-order valence-electron chi connectivity index (χ3n) is 5.81. The van der Waals surface area contributed by atoms with Crippen LogP contribution in [0.3, 0.4) is 0 Å². The van der Waals surface area contributed by atoms with Crippen molar-refractivity contribution >= 4 is 87.1 Å². The largest absolute Gasteiger partial charge is 0.455 e. The molecule has 166 valence electrons. The molecule has 0 saturated heterocycles. The molecular weight excluding hydrogens is 572 g/mol. The Labute approximate surface area is 206 Å². The van der Waals surface area contributed by atoms with Crippen LogP contribution in [0.15, 0.2) is 78.4 Å². The minimum atomic E-state index is -0.576. The normalized spacial score (nSPS) is 11.7. The van der Waals surface area contributed by atoms with E-state index in [0.29, 0.717) is 30.9 Å². The molecule has 0 aliphatic carbocycles. The molecule has 0 radical (unpaired) electrons. The van der Waals surface area contributed by atoms with Gasteiger partial charge in [-0.05, 0) is 44.0 Å². The van der Waals surface area contributed by atoms with E-state index in [-0.39, 0.29) is 33.7 Å². The van der Waals surface area contributed by atoms with Crippen LogP contribution in [-0.2, 0) is 0 Å². The standard InChI is InChI=1S/C24H10Br2N2O6/c25-13-9-15(27(29)30)21(23-19(13)11-5-1-3-7-17(11)33-23)22-16(28(31)32)10-14(26)20-12-6-2-4-8-18(12)34-24(20)22/h1-10H. The summed E-state index contributed by atoms with van der Waals surface area (Å²) in [5.41, 5.74) is 0.617. The van der Waals surface area contributed by atoms with Gasteiger partial charge in [-0.1, -0.05) is 36.4 Å². The Morgan fingerprint density at radius 2 is 1.03 bits per heavy atom. The van der Waals surface area contributed by atoms with Crippen LogP contribution in [0.4, 0.5) is 11.4 Å². The molecule has 6 rings (SSSR count). The van der Waals surface area contributed by atoms with Crippen LogP contribution in [0.2, 0.25) is 0 Å². The van der Waals surface area contributed by atoms with Gasteiger partial charge < -0.3 is 8.83 Å². The maximum Gasteiger partial charge on any atom is 0.282 e. The van der Waals surface area contributed by atoms with Crippen LogP contribution in [0.25, 0.3) is 55.0 Å². The zero-order valence-corrected chi connectivity index (χ0v) is 20.0. The summed E-state index contributed by atoms with van der Waals surface area (Å²) in [7, 11) is 0. The lowest BCUT2D eigenvalue weighted by Crippen LogP contribution is -1.98. The third-order valence-corrected chi connectivity index (χ3v) is 7.06. The van der Waals surface area contributed by atoms with E-state index in [2.05, 4.69) is 31.9 Å². The number of nitro benzene ring substituents is 2. The van der Waals surface area contributed by atoms with Crippen LogP contribution in [0.1, 0.15) is 0 Å². The number of halogens is 2. The van der Waals surface area contributed by atoms with E-state index in [0.717, 1.165) is 10.8 Å². The van der Waals surface area contributed by atoms with Gasteiger partial charge in [-0.15, -0.1) is 0 Å². The van der Waals surface area contributed by atoms with Gasteiger partial charge in [0.1, 0.15) is 22.3 Å². The van der Waals surface area contributed by atoms with Gasteiger partial charge in [0.05, 0.1) is 9.85 Å². The molecule has 0 aliphatic heterocycles. The number of rotatable bonds is 3. The zero-order valence-electron chi connectivity index (χ0n) is 16.9. The monoisotopic (exact) mass is 580 g/mol. The number of hydrogen-bond donors (Lipinski definition) is 0. The Hall–Kier alpha value is -3.76. The second-order valence-corrected chi connectivity index (χ2v) is 9.33. The number of benzene rings is 4. The summed E-state index contributed by atoms with van der Waals surface area (Å²) in [6, 6.07) is 17.0. The van der Waals surface area contributed by atoms with Crippen LogP contribution < -0.4 is 0 Å². The Balaban J connectivity index is 1.92. The average Bonchev–Trinajstić information content (AvgIpc) is 3.39. The summed E-state index contributed by atoms with van der Waals surface area (Å²) in [5, 5.41) is 27.0. The first kappa shape index (κ1) is 20.8. The topological polar surface area (TPSA) is 113 Å². The highest BCUT2D eigenvalue weighted by Crippen LogP contribution is 2.52. The smallest absolute Gasteiger partial charge is 0.282 e. The van der Waals surface area contributed by atoms with Crippen molar-refractivity contribution in [3.05, 3.63) is 89.8 Å². The summed E-state index contributed by atoms with van der Waals surface area (Å²) in [6.45, 7) is 0. The zero-order chi connectivity index (χ0) is 23.7. The first-order chi connectivity index (χ1) is 16.4. The number of furan rings is 2. The number of fused-ring (bicyclic) bond motifs is 6. The minimum Gasteiger partial charge on any atom is -0.455 e. The summed E-state index contributed by atoms with van der Waals surface area (Å²) in [6.07, 6.45) is 0.